The molecule has 0 bridgehead atoms. The highest BCUT2D eigenvalue weighted by atomic mass is 16.7. The summed E-state index contributed by atoms with van der Waals surface area (Å²) in [6.45, 7) is 2.30. The van der Waals surface area contributed by atoms with E-state index in [1.165, 1.54) is 0 Å². The van der Waals surface area contributed by atoms with Gasteiger partial charge in [-0.1, -0.05) is 13.8 Å². The van der Waals surface area contributed by atoms with E-state index >= 15 is 0 Å². The van der Waals surface area contributed by atoms with Gasteiger partial charge < -0.3 is 24.7 Å². The molecule has 9 heteroatoms. The molecule has 0 aliphatic heterocycles. The zero-order valence-electron chi connectivity index (χ0n) is 14.3. The van der Waals surface area contributed by atoms with E-state index in [-0.39, 0.29) is 24.7 Å². The van der Waals surface area contributed by atoms with Gasteiger partial charge in [0.25, 0.3) is 0 Å². The van der Waals surface area contributed by atoms with Gasteiger partial charge in [-0.3, -0.25) is 14.4 Å². The molecule has 0 radical (unpaired) electrons. The maximum absolute atomic E-state index is 12.2. The number of hydrogen-bond donors (Lipinski definition) is 1. The Bertz CT molecular complexity index is 562. The van der Waals surface area contributed by atoms with Gasteiger partial charge >= 0.3 is 23.9 Å². The number of carbonyl (C=O) groups excluding carboxylic acids is 4. The van der Waals surface area contributed by atoms with E-state index in [0.29, 0.717) is 12.8 Å². The number of carbonyl (C=O) groups is 4. The first-order valence-corrected chi connectivity index (χ1v) is 8.29. The van der Waals surface area contributed by atoms with E-state index in [1.807, 2.05) is 0 Å². The van der Waals surface area contributed by atoms with Crippen LogP contribution in [0, 0.1) is 17.8 Å². The summed E-state index contributed by atoms with van der Waals surface area (Å²) in [7, 11) is 0. The predicted molar refractivity (Wildman–Crippen MR) is 81.3 cm³/mol. The third-order valence-electron chi connectivity index (χ3n) is 4.72. The fourth-order valence-electron chi connectivity index (χ4n) is 3.30. The molecule has 2 saturated carbocycles. The maximum Gasteiger partial charge on any atom is 0.329 e. The summed E-state index contributed by atoms with van der Waals surface area (Å²) < 4.78 is 19.2. The molecule has 4 atom stereocenters. The van der Waals surface area contributed by atoms with Crippen molar-refractivity contribution in [2.75, 3.05) is 13.6 Å². The Kier molecular flexibility index (Phi) is 5.99. The van der Waals surface area contributed by atoms with Crippen LogP contribution in [0.4, 0.5) is 0 Å². The lowest BCUT2D eigenvalue weighted by molar-refractivity contribution is -0.171. The highest BCUT2D eigenvalue weighted by Gasteiger charge is 2.70. The SMILES string of the molecule is CCC(=O)OCOC(=O)[C@H]1[C@@H]2CC[C@@](N)(C(=O)OCOC(=O)CC)[C@@H]21. The smallest absolute Gasteiger partial charge is 0.329 e. The van der Waals surface area contributed by atoms with Crippen LogP contribution in [-0.2, 0) is 38.1 Å². The maximum atomic E-state index is 12.2. The number of ether oxygens (including phenoxy) is 4. The van der Waals surface area contributed by atoms with Gasteiger partial charge in [-0.25, -0.2) is 4.79 Å². The summed E-state index contributed by atoms with van der Waals surface area (Å²) in [4.78, 5) is 46.3. The summed E-state index contributed by atoms with van der Waals surface area (Å²) >= 11 is 0. The van der Waals surface area contributed by atoms with Crippen LogP contribution >= 0.6 is 0 Å². The highest BCUT2D eigenvalue weighted by molar-refractivity contribution is 5.87. The van der Waals surface area contributed by atoms with Crippen molar-refractivity contribution >= 4 is 23.9 Å². The zero-order chi connectivity index (χ0) is 18.6. The molecule has 140 valence electrons. The molecule has 2 aliphatic rings. The third kappa shape index (κ3) is 4.09. The molecule has 0 saturated heterocycles. The quantitative estimate of drug-likeness (QED) is 0.479. The zero-order valence-corrected chi connectivity index (χ0v) is 14.3. The number of esters is 4. The Morgan fingerprint density at radius 3 is 2.08 bits per heavy atom. The highest BCUT2D eigenvalue weighted by Crippen LogP contribution is 2.62. The van der Waals surface area contributed by atoms with E-state index in [4.69, 9.17) is 24.7 Å². The molecule has 2 rings (SSSR count). The van der Waals surface area contributed by atoms with E-state index in [2.05, 4.69) is 0 Å². The van der Waals surface area contributed by atoms with Gasteiger partial charge in [-0.15, -0.1) is 0 Å². The van der Waals surface area contributed by atoms with Gasteiger partial charge in [0.2, 0.25) is 13.6 Å². The molecule has 0 amide bonds. The van der Waals surface area contributed by atoms with Gasteiger partial charge in [0.15, 0.2) is 0 Å². The van der Waals surface area contributed by atoms with Crippen molar-refractivity contribution in [1.29, 1.82) is 0 Å². The van der Waals surface area contributed by atoms with Crippen LogP contribution < -0.4 is 5.73 Å². The molecule has 0 aromatic carbocycles. The van der Waals surface area contributed by atoms with Gasteiger partial charge in [0.05, 0.1) is 5.92 Å². The molecule has 0 spiro atoms. The minimum atomic E-state index is -1.30. The average Bonchev–Trinajstić information content (AvgIpc) is 3.24. The van der Waals surface area contributed by atoms with Crippen LogP contribution in [0.5, 0.6) is 0 Å². The second-order valence-corrected chi connectivity index (χ2v) is 6.17. The van der Waals surface area contributed by atoms with E-state index < -0.39 is 48.9 Å². The molecule has 9 nitrogen and oxygen atoms in total. The Balaban J connectivity index is 1.82. The Labute approximate surface area is 145 Å². The molecule has 25 heavy (non-hydrogen) atoms. The van der Waals surface area contributed by atoms with E-state index in [9.17, 15) is 19.2 Å². The Morgan fingerprint density at radius 2 is 1.52 bits per heavy atom. The van der Waals surface area contributed by atoms with Crippen molar-refractivity contribution < 1.29 is 38.1 Å². The molecule has 0 unspecified atom stereocenters. The summed E-state index contributed by atoms with van der Waals surface area (Å²) in [5, 5.41) is 0. The minimum Gasteiger partial charge on any atom is -0.428 e. The summed E-state index contributed by atoms with van der Waals surface area (Å²) in [6.07, 6.45) is 1.34. The number of hydrogen-bond acceptors (Lipinski definition) is 9. The van der Waals surface area contributed by atoms with Crippen LogP contribution in [0.25, 0.3) is 0 Å². The summed E-state index contributed by atoms with van der Waals surface area (Å²) in [6, 6.07) is 0. The molecular weight excluding hydrogens is 334 g/mol. The van der Waals surface area contributed by atoms with Crippen LogP contribution in [0.15, 0.2) is 0 Å². The van der Waals surface area contributed by atoms with Crippen molar-refractivity contribution in [2.24, 2.45) is 23.5 Å². The molecule has 0 aromatic rings. The van der Waals surface area contributed by atoms with Crippen LogP contribution in [0.2, 0.25) is 0 Å². The predicted octanol–water partition coefficient (Wildman–Crippen LogP) is 0.248. The average molecular weight is 357 g/mol. The number of fused-ring (bicyclic) bond motifs is 1. The molecule has 2 fully saturated rings. The fraction of sp³-hybridized carbons (Fsp3) is 0.750. The lowest BCUT2D eigenvalue weighted by Crippen LogP contribution is -2.51. The molecule has 0 aromatic heterocycles. The van der Waals surface area contributed by atoms with E-state index in [0.717, 1.165) is 0 Å². The van der Waals surface area contributed by atoms with Gasteiger partial charge in [-0.2, -0.15) is 0 Å². The molecular formula is C16H23NO8. The molecule has 2 aliphatic carbocycles. The summed E-state index contributed by atoms with van der Waals surface area (Å²) in [5.74, 6) is -3.14. The van der Waals surface area contributed by atoms with Gasteiger partial charge in [0.1, 0.15) is 5.54 Å². The Hall–Kier alpha value is -2.16. The van der Waals surface area contributed by atoms with E-state index in [1.54, 1.807) is 13.8 Å². The summed E-state index contributed by atoms with van der Waals surface area (Å²) in [5.41, 5.74) is 4.86. The molecule has 2 N–H and O–H groups in total. The number of rotatable bonds is 8. The topological polar surface area (TPSA) is 131 Å². The first-order valence-electron chi connectivity index (χ1n) is 8.29. The largest absolute Gasteiger partial charge is 0.428 e. The Morgan fingerprint density at radius 1 is 0.960 bits per heavy atom. The minimum absolute atomic E-state index is 0.0508. The van der Waals surface area contributed by atoms with Gasteiger partial charge in [0, 0.05) is 18.8 Å². The monoisotopic (exact) mass is 357 g/mol. The molecule has 0 heterocycles. The van der Waals surface area contributed by atoms with Crippen LogP contribution in [0.3, 0.4) is 0 Å². The normalized spacial score (nSPS) is 29.3. The van der Waals surface area contributed by atoms with Crippen molar-refractivity contribution in [3.8, 4) is 0 Å². The second-order valence-electron chi connectivity index (χ2n) is 6.17. The van der Waals surface area contributed by atoms with Crippen molar-refractivity contribution in [3.63, 3.8) is 0 Å². The van der Waals surface area contributed by atoms with Gasteiger partial charge in [-0.05, 0) is 18.8 Å². The third-order valence-corrected chi connectivity index (χ3v) is 4.72. The van der Waals surface area contributed by atoms with Crippen molar-refractivity contribution in [2.45, 2.75) is 45.1 Å². The first kappa shape index (κ1) is 19.2. The first-order chi connectivity index (χ1) is 11.8. The number of nitrogens with two attached hydrogens (primary N) is 1. The van der Waals surface area contributed by atoms with Crippen molar-refractivity contribution in [3.05, 3.63) is 0 Å². The fourth-order valence-corrected chi connectivity index (χ4v) is 3.30. The van der Waals surface area contributed by atoms with Crippen molar-refractivity contribution in [1.82, 2.24) is 0 Å². The lowest BCUT2D eigenvalue weighted by Gasteiger charge is -2.24. The lowest BCUT2D eigenvalue weighted by atomic mass is 9.91. The van der Waals surface area contributed by atoms with Crippen LogP contribution in [-0.4, -0.2) is 43.0 Å². The standard InChI is InChI=1S/C16H23NO8/c1-3-10(18)22-7-24-14(20)12-9-5-6-16(17,13(9)12)15(21)25-8-23-11(19)4-2/h9,12-13H,3-8,17H2,1-2H3/t9-,12-,13-,16-/m0/s1. The second kappa shape index (κ2) is 7.81. The van der Waals surface area contributed by atoms with Crippen LogP contribution in [0.1, 0.15) is 39.5 Å².